The van der Waals surface area contributed by atoms with Crippen LogP contribution in [0.3, 0.4) is 0 Å². The minimum atomic E-state index is -0.355. The number of nitrogens with zero attached hydrogens (tertiary/aromatic N) is 1. The van der Waals surface area contributed by atoms with Crippen molar-refractivity contribution in [2.45, 2.75) is 77.5 Å². The Hall–Kier alpha value is -1.39. The first-order valence-corrected chi connectivity index (χ1v) is 11.3. The van der Waals surface area contributed by atoms with Gasteiger partial charge in [-0.05, 0) is 30.7 Å². The Labute approximate surface area is 171 Å². The van der Waals surface area contributed by atoms with E-state index < -0.39 is 0 Å². The average molecular weight is 387 g/mol. The molecule has 1 aliphatic carbocycles. The number of rotatable bonds is 8. The highest BCUT2D eigenvalue weighted by atomic mass is 16.5. The summed E-state index contributed by atoms with van der Waals surface area (Å²) >= 11 is 0. The van der Waals surface area contributed by atoms with Gasteiger partial charge in [-0.1, -0.05) is 75.8 Å². The SMILES string of the molecule is CCC(CC1CCCCC1)C(C)NC(=O)C1CN(Cc2ccccc2)CCO1. The maximum atomic E-state index is 12.9. The van der Waals surface area contributed by atoms with Gasteiger partial charge in [-0.3, -0.25) is 9.69 Å². The fourth-order valence-corrected chi connectivity index (χ4v) is 4.86. The number of carbonyl (C=O) groups excluding carboxylic acids is 1. The highest BCUT2D eigenvalue weighted by Gasteiger charge is 2.29. The molecule has 3 atom stereocenters. The van der Waals surface area contributed by atoms with Gasteiger partial charge in [0.15, 0.2) is 0 Å². The van der Waals surface area contributed by atoms with E-state index >= 15 is 0 Å². The number of hydrogen-bond acceptors (Lipinski definition) is 3. The maximum absolute atomic E-state index is 12.9. The first-order chi connectivity index (χ1) is 13.7. The zero-order valence-corrected chi connectivity index (χ0v) is 17.7. The van der Waals surface area contributed by atoms with Gasteiger partial charge in [-0.2, -0.15) is 0 Å². The normalized spacial score (nSPS) is 23.9. The van der Waals surface area contributed by atoms with Crippen LogP contribution in [-0.4, -0.2) is 42.6 Å². The number of morpholine rings is 1. The summed E-state index contributed by atoms with van der Waals surface area (Å²) in [5, 5.41) is 3.28. The minimum Gasteiger partial charge on any atom is -0.366 e. The highest BCUT2D eigenvalue weighted by Crippen LogP contribution is 2.31. The molecule has 1 amide bonds. The molecule has 2 fully saturated rings. The molecule has 156 valence electrons. The Morgan fingerprint density at radius 3 is 2.68 bits per heavy atom. The molecule has 0 spiro atoms. The molecule has 3 rings (SSSR count). The zero-order valence-electron chi connectivity index (χ0n) is 17.7. The van der Waals surface area contributed by atoms with Gasteiger partial charge in [0.2, 0.25) is 0 Å². The van der Waals surface area contributed by atoms with Gasteiger partial charge in [0.1, 0.15) is 6.10 Å². The summed E-state index contributed by atoms with van der Waals surface area (Å²) in [5.41, 5.74) is 1.29. The smallest absolute Gasteiger partial charge is 0.250 e. The van der Waals surface area contributed by atoms with E-state index in [0.717, 1.165) is 25.4 Å². The van der Waals surface area contributed by atoms with Crippen LogP contribution in [0.5, 0.6) is 0 Å². The molecule has 28 heavy (non-hydrogen) atoms. The summed E-state index contributed by atoms with van der Waals surface area (Å²) in [6, 6.07) is 10.7. The van der Waals surface area contributed by atoms with Gasteiger partial charge in [0.05, 0.1) is 6.61 Å². The molecule has 0 aromatic heterocycles. The molecule has 4 heteroatoms. The van der Waals surface area contributed by atoms with Crippen molar-refractivity contribution in [2.24, 2.45) is 11.8 Å². The van der Waals surface area contributed by atoms with Crippen LogP contribution in [0.4, 0.5) is 0 Å². The van der Waals surface area contributed by atoms with E-state index in [0.29, 0.717) is 19.1 Å². The molecule has 1 saturated carbocycles. The van der Waals surface area contributed by atoms with Gasteiger partial charge in [0.25, 0.3) is 5.91 Å². The standard InChI is InChI=1S/C24H38N2O2/c1-3-22(16-20-10-6-4-7-11-20)19(2)25-24(27)23-18-26(14-15-28-23)17-21-12-8-5-9-13-21/h5,8-9,12-13,19-20,22-23H,3-4,6-7,10-11,14-18H2,1-2H3,(H,25,27). The number of amides is 1. The van der Waals surface area contributed by atoms with Crippen molar-refractivity contribution in [2.75, 3.05) is 19.7 Å². The summed E-state index contributed by atoms with van der Waals surface area (Å²) in [4.78, 5) is 15.2. The minimum absolute atomic E-state index is 0.0624. The van der Waals surface area contributed by atoms with Crippen LogP contribution < -0.4 is 5.32 Å². The quantitative estimate of drug-likeness (QED) is 0.720. The largest absolute Gasteiger partial charge is 0.366 e. The molecular formula is C24H38N2O2. The molecule has 0 bridgehead atoms. The van der Waals surface area contributed by atoms with E-state index in [4.69, 9.17) is 4.74 Å². The molecule has 1 aromatic carbocycles. The third-order valence-electron chi connectivity index (χ3n) is 6.65. The lowest BCUT2D eigenvalue weighted by atomic mass is 9.80. The van der Waals surface area contributed by atoms with Crippen molar-refractivity contribution < 1.29 is 9.53 Å². The first kappa shape index (κ1) is 21.3. The lowest BCUT2D eigenvalue weighted by Gasteiger charge is -2.34. The molecule has 2 aliphatic rings. The second-order valence-electron chi connectivity index (χ2n) is 8.79. The van der Waals surface area contributed by atoms with Crippen LogP contribution in [0.1, 0.15) is 64.4 Å². The zero-order chi connectivity index (χ0) is 19.8. The summed E-state index contributed by atoms with van der Waals surface area (Å²) in [6.07, 6.45) is 8.94. The van der Waals surface area contributed by atoms with Crippen LogP contribution in [0.2, 0.25) is 0 Å². The third kappa shape index (κ3) is 6.31. The van der Waals surface area contributed by atoms with E-state index in [1.54, 1.807) is 0 Å². The van der Waals surface area contributed by atoms with Gasteiger partial charge >= 0.3 is 0 Å². The van der Waals surface area contributed by atoms with E-state index in [9.17, 15) is 4.79 Å². The van der Waals surface area contributed by atoms with Crippen LogP contribution in [0.25, 0.3) is 0 Å². The Bertz CT molecular complexity index is 586. The fourth-order valence-electron chi connectivity index (χ4n) is 4.86. The maximum Gasteiger partial charge on any atom is 0.250 e. The Morgan fingerprint density at radius 1 is 1.21 bits per heavy atom. The van der Waals surface area contributed by atoms with Crippen molar-refractivity contribution in [3.8, 4) is 0 Å². The molecule has 3 unspecified atom stereocenters. The molecule has 1 saturated heterocycles. The second-order valence-corrected chi connectivity index (χ2v) is 8.79. The number of benzene rings is 1. The van der Waals surface area contributed by atoms with Gasteiger partial charge in [-0.25, -0.2) is 0 Å². The summed E-state index contributed by atoms with van der Waals surface area (Å²) in [7, 11) is 0. The van der Waals surface area contributed by atoms with Crippen molar-refractivity contribution >= 4 is 5.91 Å². The molecular weight excluding hydrogens is 348 g/mol. The predicted octanol–water partition coefficient (Wildman–Crippen LogP) is 4.39. The molecule has 1 aliphatic heterocycles. The summed E-state index contributed by atoms with van der Waals surface area (Å²) in [5.74, 6) is 1.48. The van der Waals surface area contributed by atoms with E-state index in [-0.39, 0.29) is 18.1 Å². The lowest BCUT2D eigenvalue weighted by Crippen LogP contribution is -2.52. The predicted molar refractivity (Wildman–Crippen MR) is 114 cm³/mol. The van der Waals surface area contributed by atoms with Gasteiger partial charge in [-0.15, -0.1) is 0 Å². The van der Waals surface area contributed by atoms with Crippen molar-refractivity contribution in [1.82, 2.24) is 10.2 Å². The molecule has 4 nitrogen and oxygen atoms in total. The van der Waals surface area contributed by atoms with Crippen molar-refractivity contribution in [1.29, 1.82) is 0 Å². The first-order valence-electron chi connectivity index (χ1n) is 11.3. The number of hydrogen-bond donors (Lipinski definition) is 1. The van der Waals surface area contributed by atoms with E-state index in [1.165, 1.54) is 44.1 Å². The Kier molecular flexibility index (Phi) is 8.35. The monoisotopic (exact) mass is 386 g/mol. The molecule has 0 radical (unpaired) electrons. The van der Waals surface area contributed by atoms with Crippen molar-refractivity contribution in [3.63, 3.8) is 0 Å². The molecule has 1 aromatic rings. The topological polar surface area (TPSA) is 41.6 Å². The Balaban J connectivity index is 1.48. The third-order valence-corrected chi connectivity index (χ3v) is 6.65. The van der Waals surface area contributed by atoms with Crippen LogP contribution in [-0.2, 0) is 16.1 Å². The van der Waals surface area contributed by atoms with Gasteiger partial charge in [0, 0.05) is 25.7 Å². The highest BCUT2D eigenvalue weighted by molar-refractivity contribution is 5.81. The lowest BCUT2D eigenvalue weighted by molar-refractivity contribution is -0.139. The number of carbonyl (C=O) groups is 1. The van der Waals surface area contributed by atoms with Crippen molar-refractivity contribution in [3.05, 3.63) is 35.9 Å². The van der Waals surface area contributed by atoms with Gasteiger partial charge < -0.3 is 10.1 Å². The molecule has 1 N–H and O–H groups in total. The van der Waals surface area contributed by atoms with E-state index in [2.05, 4.69) is 48.3 Å². The van der Waals surface area contributed by atoms with Crippen LogP contribution in [0.15, 0.2) is 30.3 Å². The van der Waals surface area contributed by atoms with Crippen LogP contribution >= 0.6 is 0 Å². The fraction of sp³-hybridized carbons (Fsp3) is 0.708. The van der Waals surface area contributed by atoms with E-state index in [1.807, 2.05) is 6.07 Å². The van der Waals surface area contributed by atoms with Crippen LogP contribution in [0, 0.1) is 11.8 Å². The summed E-state index contributed by atoms with van der Waals surface area (Å²) in [6.45, 7) is 7.50. The molecule has 1 heterocycles. The number of ether oxygens (including phenoxy) is 1. The average Bonchev–Trinajstić information content (AvgIpc) is 2.73. The number of nitrogens with one attached hydrogen (secondary N) is 1. The summed E-state index contributed by atoms with van der Waals surface area (Å²) < 4.78 is 5.82. The second kappa shape index (κ2) is 11.0. The Morgan fingerprint density at radius 2 is 1.96 bits per heavy atom.